The van der Waals surface area contributed by atoms with Gasteiger partial charge in [-0.15, -0.1) is 0 Å². The molecule has 0 spiro atoms. The van der Waals surface area contributed by atoms with Gasteiger partial charge < -0.3 is 25.2 Å². The quantitative estimate of drug-likeness (QED) is 0.300. The lowest BCUT2D eigenvalue weighted by Crippen LogP contribution is -2.69. The zero-order valence-corrected chi connectivity index (χ0v) is 14.2. The van der Waals surface area contributed by atoms with Crippen LogP contribution in [0.25, 0.3) is 21.5 Å². The number of aliphatic hydroxyl groups excluding tert-OH is 3. The zero-order chi connectivity index (χ0) is 19.2. The van der Waals surface area contributed by atoms with Gasteiger partial charge in [-0.2, -0.15) is 0 Å². The summed E-state index contributed by atoms with van der Waals surface area (Å²) in [5, 5.41) is 55.9. The van der Waals surface area contributed by atoms with Crippen molar-refractivity contribution in [1.82, 2.24) is 0 Å². The van der Waals surface area contributed by atoms with Crippen LogP contribution in [0.1, 0.15) is 5.56 Å². The molecule has 0 saturated carbocycles. The molecule has 0 radical (unpaired) electrons. The van der Waals surface area contributed by atoms with Crippen LogP contribution in [-0.2, 0) is 15.4 Å². The van der Waals surface area contributed by atoms with Crippen molar-refractivity contribution in [2.75, 3.05) is 6.61 Å². The van der Waals surface area contributed by atoms with Crippen molar-refractivity contribution >= 4 is 21.5 Å². The first-order valence-corrected chi connectivity index (χ1v) is 8.57. The number of fused-ring (bicyclic) bond motifs is 3. The number of hydrogen-bond donors (Lipinski definition) is 4. The first-order chi connectivity index (χ1) is 13.0. The molecule has 4 N–H and O–H groups in total. The molecule has 1 saturated heterocycles. The van der Waals surface area contributed by atoms with E-state index >= 15 is 0 Å². The lowest BCUT2D eigenvalue weighted by Gasteiger charge is -2.54. The molecule has 1 aliphatic heterocycles. The van der Waals surface area contributed by atoms with Gasteiger partial charge in [0.05, 0.1) is 12.4 Å². The fourth-order valence-electron chi connectivity index (χ4n) is 3.82. The predicted octanol–water partition coefficient (Wildman–Crippen LogP) is 0.477. The van der Waals surface area contributed by atoms with E-state index in [0.29, 0.717) is 5.39 Å². The Balaban J connectivity index is 1.95. The van der Waals surface area contributed by atoms with E-state index < -0.39 is 36.8 Å². The Morgan fingerprint density at radius 2 is 1.67 bits per heavy atom. The van der Waals surface area contributed by atoms with E-state index in [1.54, 1.807) is 12.1 Å². The maximum atomic E-state index is 13.7. The van der Waals surface area contributed by atoms with Crippen LogP contribution in [0.5, 0.6) is 0 Å². The number of ether oxygens (including phenoxy) is 1. The number of hydrogen-bond acceptors (Lipinski definition) is 7. The molecule has 7 nitrogen and oxygen atoms in total. The van der Waals surface area contributed by atoms with Crippen LogP contribution in [0.2, 0.25) is 0 Å². The number of aliphatic hydroxyl groups is 3. The lowest BCUT2D eigenvalue weighted by molar-refractivity contribution is -0.622. The van der Waals surface area contributed by atoms with Gasteiger partial charge in [-0.25, -0.2) is 4.89 Å². The van der Waals surface area contributed by atoms with Gasteiger partial charge in [0.25, 0.3) is 0 Å². The molecule has 7 heteroatoms. The highest BCUT2D eigenvalue weighted by Crippen LogP contribution is 2.39. The van der Waals surface area contributed by atoms with Gasteiger partial charge in [0.2, 0.25) is 0 Å². The van der Waals surface area contributed by atoms with E-state index in [2.05, 4.69) is 4.89 Å². The van der Waals surface area contributed by atoms with Crippen LogP contribution in [-0.4, -0.2) is 51.6 Å². The average Bonchev–Trinajstić information content (AvgIpc) is 2.70. The summed E-state index contributed by atoms with van der Waals surface area (Å²) >= 11 is 0. The minimum atomic E-state index is -2.54. The Hall–Kier alpha value is -2.10. The summed E-state index contributed by atoms with van der Waals surface area (Å²) < 4.78 is 5.41. The van der Waals surface area contributed by atoms with E-state index in [4.69, 9.17) is 4.74 Å². The van der Waals surface area contributed by atoms with Crippen LogP contribution in [0.15, 0.2) is 54.6 Å². The first-order valence-electron chi connectivity index (χ1n) is 8.57. The van der Waals surface area contributed by atoms with Gasteiger partial charge in [-0.1, -0.05) is 54.6 Å². The Kier molecular flexibility index (Phi) is 4.61. The van der Waals surface area contributed by atoms with Crippen molar-refractivity contribution < 1.29 is 35.3 Å². The second-order valence-electron chi connectivity index (χ2n) is 6.70. The van der Waals surface area contributed by atoms with Crippen molar-refractivity contribution in [3.63, 3.8) is 0 Å². The van der Waals surface area contributed by atoms with Crippen molar-refractivity contribution in [3.8, 4) is 0 Å². The molecule has 1 heterocycles. The molecular weight excluding hydrogens is 352 g/mol. The molecule has 1 fully saturated rings. The Morgan fingerprint density at radius 3 is 2.41 bits per heavy atom. The van der Waals surface area contributed by atoms with Gasteiger partial charge in [0.1, 0.15) is 24.4 Å². The van der Waals surface area contributed by atoms with Gasteiger partial charge in [-0.3, -0.25) is 5.26 Å². The van der Waals surface area contributed by atoms with Crippen molar-refractivity contribution in [1.29, 1.82) is 0 Å². The summed E-state index contributed by atoms with van der Waals surface area (Å²) in [4.78, 5) is 4.24. The molecule has 142 valence electrons. The summed E-state index contributed by atoms with van der Waals surface area (Å²) in [6, 6.07) is 16.4. The van der Waals surface area contributed by atoms with Crippen LogP contribution in [0.3, 0.4) is 0 Å². The smallest absolute Gasteiger partial charge is 0.139 e. The van der Waals surface area contributed by atoms with Gasteiger partial charge >= 0.3 is 0 Å². The molecule has 3 aromatic rings. The molecule has 0 aromatic heterocycles. The van der Waals surface area contributed by atoms with Gasteiger partial charge in [-0.05, 0) is 27.1 Å². The highest BCUT2D eigenvalue weighted by atomic mass is 17.1. The summed E-state index contributed by atoms with van der Waals surface area (Å²) in [5.41, 5.74) is 0.134. The largest absolute Gasteiger partial charge is 0.823 e. The fraction of sp³-hybridized carbons (Fsp3) is 0.300. The maximum absolute atomic E-state index is 13.7. The summed E-state index contributed by atoms with van der Waals surface area (Å²) in [7, 11) is 0. The molecule has 3 aromatic carbocycles. The van der Waals surface area contributed by atoms with Gasteiger partial charge in [0.15, 0.2) is 0 Å². The van der Waals surface area contributed by atoms with Crippen molar-refractivity contribution in [3.05, 3.63) is 60.2 Å². The van der Waals surface area contributed by atoms with Gasteiger partial charge in [0, 0.05) is 0 Å². The molecule has 4 rings (SSSR count). The number of rotatable bonds is 3. The second kappa shape index (κ2) is 6.81. The molecule has 0 bridgehead atoms. The Bertz CT molecular complexity index is 975. The number of benzene rings is 3. The normalized spacial score (nSPS) is 31.4. The van der Waals surface area contributed by atoms with E-state index in [1.807, 2.05) is 36.4 Å². The van der Waals surface area contributed by atoms with E-state index in [1.165, 1.54) is 6.07 Å². The van der Waals surface area contributed by atoms with Crippen LogP contribution in [0, 0.1) is 0 Å². The third kappa shape index (κ3) is 2.72. The van der Waals surface area contributed by atoms with Crippen LogP contribution in [0.4, 0.5) is 0 Å². The summed E-state index contributed by atoms with van der Waals surface area (Å²) in [5.74, 6) is -2.54. The summed E-state index contributed by atoms with van der Waals surface area (Å²) in [6.07, 6.45) is -6.42. The molecular formula is C20H19O7-. The first kappa shape index (κ1) is 18.3. The van der Waals surface area contributed by atoms with E-state index in [9.17, 15) is 25.7 Å². The monoisotopic (exact) mass is 371 g/mol. The van der Waals surface area contributed by atoms with Crippen molar-refractivity contribution in [2.24, 2.45) is 0 Å². The van der Waals surface area contributed by atoms with Crippen LogP contribution < -0.4 is 5.11 Å². The molecule has 0 unspecified atom stereocenters. The van der Waals surface area contributed by atoms with Crippen LogP contribution >= 0.6 is 0 Å². The third-order valence-corrected chi connectivity index (χ3v) is 5.20. The van der Waals surface area contributed by atoms with E-state index in [0.717, 1.165) is 16.2 Å². The lowest BCUT2D eigenvalue weighted by atomic mass is 9.85. The molecule has 27 heavy (non-hydrogen) atoms. The predicted molar refractivity (Wildman–Crippen MR) is 94.6 cm³/mol. The Morgan fingerprint density at radius 1 is 0.926 bits per heavy atom. The minimum Gasteiger partial charge on any atom is -0.823 e. The third-order valence-electron chi connectivity index (χ3n) is 5.20. The maximum Gasteiger partial charge on any atom is 0.139 e. The summed E-state index contributed by atoms with van der Waals surface area (Å²) in [6.45, 7) is -0.673. The highest BCUT2D eigenvalue weighted by Gasteiger charge is 2.50. The van der Waals surface area contributed by atoms with Crippen molar-refractivity contribution in [2.45, 2.75) is 30.2 Å². The standard InChI is InChI=1S/C20H19O7/c21-10-16-17(22)18(23)19(27-25)20(24,26-16)15-7-3-6-13-12-5-2-1-4-11(12)8-9-14(13)15/h1-9,16-19,21-23,25H,10H2/q-1/t16-,17-,18+,19-,20-/m1/s1. The fourth-order valence-corrected chi connectivity index (χ4v) is 3.82. The highest BCUT2D eigenvalue weighted by molar-refractivity contribution is 6.08. The minimum absolute atomic E-state index is 0.134. The molecule has 0 amide bonds. The zero-order valence-electron chi connectivity index (χ0n) is 14.2. The second-order valence-corrected chi connectivity index (χ2v) is 6.70. The Labute approximate surface area is 154 Å². The molecule has 0 aliphatic carbocycles. The molecule has 5 atom stereocenters. The SMILES string of the molecule is [O-][C@]1(c2cccc3c2ccc2ccccc23)O[C@H](CO)[C@@H](O)[C@H](O)[C@H]1OO. The molecule has 1 aliphatic rings. The van der Waals surface area contributed by atoms with E-state index in [-0.39, 0.29) is 5.56 Å². The average molecular weight is 371 g/mol. The topological polar surface area (TPSA) is 122 Å².